The van der Waals surface area contributed by atoms with Crippen LogP contribution in [0.1, 0.15) is 0 Å². The highest BCUT2D eigenvalue weighted by Gasteiger charge is 2.42. The Kier molecular flexibility index (Phi) is 8.20. The number of para-hydroxylation sites is 6. The third kappa shape index (κ3) is 5.31. The first-order valence-electron chi connectivity index (χ1n) is 22.0. The largest absolute Gasteiger partial charge is 0.309 e. The van der Waals surface area contributed by atoms with E-state index in [1.165, 1.54) is 64.1 Å². The molecular weight excluding hydrogens is 793 g/mol. The van der Waals surface area contributed by atoms with Gasteiger partial charge in [-0.25, -0.2) is 4.98 Å². The number of aromatic nitrogens is 4. The van der Waals surface area contributed by atoms with Gasteiger partial charge in [-0.3, -0.25) is 9.13 Å². The van der Waals surface area contributed by atoms with Crippen LogP contribution in [0.2, 0.25) is 0 Å². The SMILES string of the molecule is c1ccc([Si](c2ccccc2)(c2ccc(-n3c4ccccc4c4ccccc43)cc2)c2cc(-n3c4ccccc4c4ccccc43)nc(-n3c4ccccc4c4ccccc43)c2)cc1. The van der Waals surface area contributed by atoms with Crippen molar-refractivity contribution in [3.05, 3.63) is 243 Å². The molecule has 5 heteroatoms. The molecule has 0 bridgehead atoms. The first-order valence-corrected chi connectivity index (χ1v) is 24.0. The maximum Gasteiger partial charge on any atom is 0.179 e. The predicted molar refractivity (Wildman–Crippen MR) is 271 cm³/mol. The molecule has 0 aliphatic heterocycles. The van der Waals surface area contributed by atoms with Crippen molar-refractivity contribution in [1.29, 1.82) is 0 Å². The number of benzene rings is 9. The Morgan fingerprint density at radius 2 is 0.531 bits per heavy atom. The van der Waals surface area contributed by atoms with Crippen LogP contribution in [0, 0.1) is 0 Å². The van der Waals surface area contributed by atoms with Crippen LogP contribution in [-0.2, 0) is 0 Å². The molecule has 0 aliphatic carbocycles. The van der Waals surface area contributed by atoms with Gasteiger partial charge in [-0.15, -0.1) is 0 Å². The van der Waals surface area contributed by atoms with Crippen molar-refractivity contribution >= 4 is 94.2 Å². The quantitative estimate of drug-likeness (QED) is 0.116. The van der Waals surface area contributed by atoms with Crippen LogP contribution < -0.4 is 20.7 Å². The molecule has 13 rings (SSSR count). The van der Waals surface area contributed by atoms with Crippen molar-refractivity contribution in [3.63, 3.8) is 0 Å². The summed E-state index contributed by atoms with van der Waals surface area (Å²) >= 11 is 0. The van der Waals surface area contributed by atoms with Gasteiger partial charge in [-0.2, -0.15) is 0 Å². The highest BCUT2D eigenvalue weighted by atomic mass is 28.3. The summed E-state index contributed by atoms with van der Waals surface area (Å²) in [5.41, 5.74) is 8.05. The van der Waals surface area contributed by atoms with Gasteiger partial charge in [0, 0.05) is 38.0 Å². The summed E-state index contributed by atoms with van der Waals surface area (Å²) in [5.74, 6) is 1.77. The minimum Gasteiger partial charge on any atom is -0.309 e. The van der Waals surface area contributed by atoms with Gasteiger partial charge in [-0.05, 0) is 81.4 Å². The zero-order chi connectivity index (χ0) is 42.2. The monoisotopic (exact) mass is 832 g/mol. The topological polar surface area (TPSA) is 27.7 Å². The van der Waals surface area contributed by atoms with E-state index in [4.69, 9.17) is 4.98 Å². The fraction of sp³-hybridized carbons (Fsp3) is 0. The highest BCUT2D eigenvalue weighted by Crippen LogP contribution is 2.35. The Bertz CT molecular complexity index is 3570. The zero-order valence-electron chi connectivity index (χ0n) is 34.9. The van der Waals surface area contributed by atoms with Crippen LogP contribution >= 0.6 is 0 Å². The minimum absolute atomic E-state index is 0.886. The van der Waals surface area contributed by atoms with E-state index >= 15 is 0 Å². The van der Waals surface area contributed by atoms with Crippen LogP contribution in [0.3, 0.4) is 0 Å². The van der Waals surface area contributed by atoms with E-state index in [1.807, 2.05) is 0 Å². The minimum atomic E-state index is -3.15. The number of pyridine rings is 1. The van der Waals surface area contributed by atoms with Gasteiger partial charge in [-0.1, -0.05) is 182 Å². The van der Waals surface area contributed by atoms with Gasteiger partial charge in [0.1, 0.15) is 11.6 Å². The molecule has 0 aliphatic rings. The van der Waals surface area contributed by atoms with Crippen molar-refractivity contribution in [2.24, 2.45) is 0 Å². The molecule has 0 fully saturated rings. The van der Waals surface area contributed by atoms with Gasteiger partial charge < -0.3 is 4.57 Å². The van der Waals surface area contributed by atoms with Crippen molar-refractivity contribution in [2.75, 3.05) is 0 Å². The zero-order valence-corrected chi connectivity index (χ0v) is 35.9. The molecule has 64 heavy (non-hydrogen) atoms. The van der Waals surface area contributed by atoms with E-state index < -0.39 is 8.07 Å². The smallest absolute Gasteiger partial charge is 0.179 e. The summed E-state index contributed by atoms with van der Waals surface area (Å²) in [6, 6.07) is 89.3. The van der Waals surface area contributed by atoms with Crippen molar-refractivity contribution < 1.29 is 0 Å². The first kappa shape index (κ1) is 36.4. The average Bonchev–Trinajstić information content (AvgIpc) is 4.01. The molecule has 4 aromatic heterocycles. The number of hydrogen-bond acceptors (Lipinski definition) is 1. The molecule has 0 saturated heterocycles. The highest BCUT2D eigenvalue weighted by molar-refractivity contribution is 7.20. The maximum atomic E-state index is 5.76. The van der Waals surface area contributed by atoms with E-state index in [0.29, 0.717) is 0 Å². The molecule has 0 spiro atoms. The van der Waals surface area contributed by atoms with Crippen LogP contribution in [0.4, 0.5) is 0 Å². The third-order valence-corrected chi connectivity index (χ3v) is 18.2. The molecule has 13 aromatic rings. The molecule has 0 saturated carbocycles. The Balaban J connectivity index is 1.16. The second-order valence-electron chi connectivity index (χ2n) is 16.7. The van der Waals surface area contributed by atoms with Crippen molar-refractivity contribution in [3.8, 4) is 17.3 Å². The van der Waals surface area contributed by atoms with Crippen LogP contribution in [-0.4, -0.2) is 26.8 Å². The summed E-state index contributed by atoms with van der Waals surface area (Å²) in [6.07, 6.45) is 0. The fourth-order valence-corrected chi connectivity index (χ4v) is 15.5. The van der Waals surface area contributed by atoms with Crippen molar-refractivity contribution in [1.82, 2.24) is 18.7 Å². The van der Waals surface area contributed by atoms with E-state index in [2.05, 4.69) is 256 Å². The summed E-state index contributed by atoms with van der Waals surface area (Å²) in [4.78, 5) is 5.76. The summed E-state index contributed by atoms with van der Waals surface area (Å²) in [5, 5.41) is 12.5. The van der Waals surface area contributed by atoms with Gasteiger partial charge in [0.25, 0.3) is 0 Å². The predicted octanol–water partition coefficient (Wildman–Crippen LogP) is 11.8. The lowest BCUT2D eigenvalue weighted by molar-refractivity contribution is 1.02. The molecule has 0 unspecified atom stereocenters. The lowest BCUT2D eigenvalue weighted by atomic mass is 10.2. The Morgan fingerprint density at radius 3 is 0.875 bits per heavy atom. The standard InChI is InChI=1S/C59H40N4Si/c1-3-19-42(20-4-1)64(43-21-5-2-6-22-43,44-37-35-41(36-38-44)61-52-29-13-7-23-46(52)47-24-8-14-30-53(47)61)45-39-58(62-54-31-15-9-25-48(54)49-26-10-16-32-55(49)62)60-59(40-45)63-56-33-17-11-27-50(56)51-28-12-18-34-57(51)63/h1-40H. The molecule has 0 amide bonds. The average molecular weight is 833 g/mol. The molecule has 0 radical (unpaired) electrons. The maximum absolute atomic E-state index is 5.76. The lowest BCUT2D eigenvalue weighted by Gasteiger charge is -2.35. The molecule has 0 N–H and O–H groups in total. The number of rotatable bonds is 7. The van der Waals surface area contributed by atoms with Gasteiger partial charge in [0.15, 0.2) is 8.07 Å². The summed E-state index contributed by atoms with van der Waals surface area (Å²) in [7, 11) is -3.15. The lowest BCUT2D eigenvalue weighted by Crippen LogP contribution is -2.74. The molecule has 4 nitrogen and oxygen atoms in total. The Hall–Kier alpha value is -8.25. The van der Waals surface area contributed by atoms with Crippen LogP contribution in [0.15, 0.2) is 243 Å². The number of fused-ring (bicyclic) bond motifs is 9. The summed E-state index contributed by atoms with van der Waals surface area (Å²) in [6.45, 7) is 0. The van der Waals surface area contributed by atoms with E-state index in [-0.39, 0.29) is 0 Å². The fourth-order valence-electron chi connectivity index (χ4n) is 10.7. The second-order valence-corrected chi connectivity index (χ2v) is 20.5. The Morgan fingerprint density at radius 1 is 0.250 bits per heavy atom. The number of nitrogens with zero attached hydrogens (tertiary/aromatic N) is 4. The normalized spacial score (nSPS) is 12.1. The van der Waals surface area contributed by atoms with E-state index in [1.54, 1.807) is 0 Å². The Labute approximate surface area is 371 Å². The molecular formula is C59H40N4Si. The van der Waals surface area contributed by atoms with Gasteiger partial charge in [0.2, 0.25) is 0 Å². The summed E-state index contributed by atoms with van der Waals surface area (Å²) < 4.78 is 7.17. The molecule has 9 aromatic carbocycles. The van der Waals surface area contributed by atoms with E-state index in [0.717, 1.165) is 39.4 Å². The van der Waals surface area contributed by atoms with Crippen LogP contribution in [0.5, 0.6) is 0 Å². The first-order chi connectivity index (χ1) is 31.8. The molecule has 4 heterocycles. The van der Waals surface area contributed by atoms with Gasteiger partial charge >= 0.3 is 0 Å². The number of hydrogen-bond donors (Lipinski definition) is 0. The third-order valence-electron chi connectivity index (χ3n) is 13.4. The van der Waals surface area contributed by atoms with Crippen LogP contribution in [0.25, 0.3) is 82.7 Å². The van der Waals surface area contributed by atoms with Gasteiger partial charge in [0.05, 0.1) is 33.1 Å². The molecule has 0 atom stereocenters. The van der Waals surface area contributed by atoms with Crippen molar-refractivity contribution in [2.45, 2.75) is 0 Å². The molecule has 300 valence electrons. The van der Waals surface area contributed by atoms with E-state index in [9.17, 15) is 0 Å². The second kappa shape index (κ2) is 14.4.